The summed E-state index contributed by atoms with van der Waals surface area (Å²) in [4.78, 5) is 4.62. The van der Waals surface area contributed by atoms with Crippen LogP contribution in [-0.2, 0) is 26.4 Å². The Morgan fingerprint density at radius 1 is 0.969 bits per heavy atom. The second kappa shape index (κ2) is 9.70. The van der Waals surface area contributed by atoms with Gasteiger partial charge in [0.1, 0.15) is 4.90 Å². The highest BCUT2D eigenvalue weighted by atomic mass is 35.5. The van der Waals surface area contributed by atoms with Gasteiger partial charge in [-0.05, 0) is 47.9 Å². The van der Waals surface area contributed by atoms with Crippen molar-refractivity contribution in [3.63, 3.8) is 0 Å². The minimum Gasteiger partial charge on any atom is -0.256 e. The third kappa shape index (κ3) is 5.75. The number of hydrogen-bond acceptors (Lipinski definition) is 5. The summed E-state index contributed by atoms with van der Waals surface area (Å²) < 4.78 is 51.9. The largest absolute Gasteiger partial charge is 0.256 e. The van der Waals surface area contributed by atoms with Crippen LogP contribution in [0.2, 0.25) is 5.02 Å². The lowest BCUT2D eigenvalue weighted by Crippen LogP contribution is -2.34. The van der Waals surface area contributed by atoms with Crippen LogP contribution >= 0.6 is 11.6 Å². The first-order valence-electron chi connectivity index (χ1n) is 9.98. The molecule has 0 aliphatic heterocycles. The predicted octanol–water partition coefficient (Wildman–Crippen LogP) is 4.65. The van der Waals surface area contributed by atoms with Gasteiger partial charge < -0.3 is 0 Å². The molecule has 170 valence electrons. The summed E-state index contributed by atoms with van der Waals surface area (Å²) >= 11 is 6.18. The van der Waals surface area contributed by atoms with Gasteiger partial charge in [-0.25, -0.2) is 16.8 Å². The molecule has 0 radical (unpaired) electrons. The Bertz CT molecular complexity index is 1320. The van der Waals surface area contributed by atoms with Crippen molar-refractivity contribution in [2.75, 3.05) is 12.8 Å². The third-order valence-electron chi connectivity index (χ3n) is 4.76. The van der Waals surface area contributed by atoms with E-state index in [9.17, 15) is 16.8 Å². The van der Waals surface area contributed by atoms with Crippen molar-refractivity contribution in [2.45, 2.75) is 30.2 Å². The van der Waals surface area contributed by atoms with Gasteiger partial charge in [-0.2, -0.15) is 4.31 Å². The van der Waals surface area contributed by atoms with Crippen molar-refractivity contribution in [3.05, 3.63) is 77.4 Å². The fourth-order valence-electron chi connectivity index (χ4n) is 3.27. The van der Waals surface area contributed by atoms with Crippen molar-refractivity contribution in [1.82, 2.24) is 9.29 Å². The lowest BCUT2D eigenvalue weighted by atomic mass is 10.1. The van der Waals surface area contributed by atoms with Crippen molar-refractivity contribution in [3.8, 4) is 11.3 Å². The molecular formula is C23H25ClN2O4S2. The first-order valence-corrected chi connectivity index (χ1v) is 13.7. The highest BCUT2D eigenvalue weighted by molar-refractivity contribution is 7.90. The summed E-state index contributed by atoms with van der Waals surface area (Å²) in [6.45, 7) is 4.34. The zero-order valence-corrected chi connectivity index (χ0v) is 20.5. The molecule has 0 unspecified atom stereocenters. The van der Waals surface area contributed by atoms with Gasteiger partial charge in [0.2, 0.25) is 10.0 Å². The molecule has 3 rings (SSSR count). The number of rotatable bonds is 8. The second-order valence-electron chi connectivity index (χ2n) is 7.97. The van der Waals surface area contributed by atoms with E-state index >= 15 is 0 Å². The maximum absolute atomic E-state index is 13.4. The molecule has 0 fully saturated rings. The molecule has 0 aliphatic rings. The average Bonchev–Trinajstić information content (AvgIpc) is 2.73. The number of hydrogen-bond donors (Lipinski definition) is 0. The smallest absolute Gasteiger partial charge is 0.244 e. The topological polar surface area (TPSA) is 84.4 Å². The molecule has 0 amide bonds. The number of aromatic nitrogens is 1. The van der Waals surface area contributed by atoms with Crippen LogP contribution in [0, 0.1) is 5.92 Å². The minimum atomic E-state index is -3.83. The molecule has 0 saturated carbocycles. The van der Waals surface area contributed by atoms with Crippen LogP contribution in [-0.4, -0.2) is 38.9 Å². The number of halogens is 1. The van der Waals surface area contributed by atoms with Crippen molar-refractivity contribution in [1.29, 1.82) is 0 Å². The van der Waals surface area contributed by atoms with Crippen LogP contribution in [0.1, 0.15) is 19.4 Å². The van der Waals surface area contributed by atoms with E-state index in [1.165, 1.54) is 16.4 Å². The monoisotopic (exact) mass is 492 g/mol. The number of pyridine rings is 1. The Morgan fingerprint density at radius 3 is 2.34 bits per heavy atom. The summed E-state index contributed by atoms with van der Waals surface area (Å²) in [7, 11) is -7.18. The number of sulfonamides is 1. The Labute approximate surface area is 194 Å². The molecule has 1 aromatic heterocycles. The molecule has 0 saturated heterocycles. The van der Waals surface area contributed by atoms with E-state index in [4.69, 9.17) is 11.6 Å². The Balaban J connectivity index is 1.98. The maximum Gasteiger partial charge on any atom is 0.244 e. The summed E-state index contributed by atoms with van der Waals surface area (Å²) in [5.74, 6) is 0.0972. The highest BCUT2D eigenvalue weighted by Crippen LogP contribution is 2.27. The maximum atomic E-state index is 13.4. The van der Waals surface area contributed by atoms with E-state index in [0.29, 0.717) is 17.8 Å². The molecular weight excluding hydrogens is 468 g/mol. The summed E-state index contributed by atoms with van der Waals surface area (Å²) in [6, 6.07) is 16.4. The van der Waals surface area contributed by atoms with Crippen molar-refractivity contribution in [2.24, 2.45) is 5.92 Å². The van der Waals surface area contributed by atoms with Crippen molar-refractivity contribution >= 4 is 31.5 Å². The van der Waals surface area contributed by atoms with E-state index in [1.807, 2.05) is 13.8 Å². The van der Waals surface area contributed by atoms with Gasteiger partial charge in [0.05, 0.1) is 15.6 Å². The zero-order chi connectivity index (χ0) is 23.5. The van der Waals surface area contributed by atoms with Crippen LogP contribution in [0.25, 0.3) is 11.3 Å². The van der Waals surface area contributed by atoms with Crippen LogP contribution in [0.3, 0.4) is 0 Å². The summed E-state index contributed by atoms with van der Waals surface area (Å²) in [5, 5.41) is 0.175. The average molecular weight is 493 g/mol. The van der Waals surface area contributed by atoms with Crippen LogP contribution in [0.4, 0.5) is 0 Å². The van der Waals surface area contributed by atoms with Crippen LogP contribution < -0.4 is 0 Å². The highest BCUT2D eigenvalue weighted by Gasteiger charge is 2.27. The Kier molecular flexibility index (Phi) is 7.39. The zero-order valence-electron chi connectivity index (χ0n) is 18.1. The molecule has 0 spiro atoms. The minimum absolute atomic E-state index is 0.0671. The molecule has 9 heteroatoms. The first-order chi connectivity index (χ1) is 15.0. The van der Waals surface area contributed by atoms with E-state index in [2.05, 4.69) is 4.98 Å². The Hall–Kier alpha value is -2.26. The molecule has 32 heavy (non-hydrogen) atoms. The van der Waals surface area contributed by atoms with Crippen LogP contribution in [0.5, 0.6) is 0 Å². The molecule has 3 aromatic rings. The molecule has 2 aromatic carbocycles. The van der Waals surface area contributed by atoms with Gasteiger partial charge in [-0.15, -0.1) is 0 Å². The fraction of sp³-hybridized carbons (Fsp3) is 0.261. The number of benzene rings is 2. The predicted molar refractivity (Wildman–Crippen MR) is 127 cm³/mol. The normalized spacial score (nSPS) is 12.4. The summed E-state index contributed by atoms with van der Waals surface area (Å²) in [5.41, 5.74) is 1.93. The lowest BCUT2D eigenvalue weighted by molar-refractivity contribution is 0.362. The molecule has 0 atom stereocenters. The van der Waals surface area contributed by atoms with E-state index < -0.39 is 19.9 Å². The Morgan fingerprint density at radius 2 is 1.69 bits per heavy atom. The lowest BCUT2D eigenvalue weighted by Gasteiger charge is -2.24. The molecule has 0 bridgehead atoms. The summed E-state index contributed by atoms with van der Waals surface area (Å²) in [6.07, 6.45) is 2.74. The fourth-order valence-corrected chi connectivity index (χ4v) is 6.02. The van der Waals surface area contributed by atoms with Crippen LogP contribution in [0.15, 0.2) is 76.7 Å². The SMILES string of the molecule is CC(C)CN(Cc1ccnc(-c2cccc(S(C)(=O)=O)c2)c1)S(=O)(=O)c1ccccc1Cl. The molecule has 1 heterocycles. The van der Waals surface area contributed by atoms with Crippen molar-refractivity contribution < 1.29 is 16.8 Å². The van der Waals surface area contributed by atoms with Gasteiger partial charge in [0, 0.05) is 31.1 Å². The van der Waals surface area contributed by atoms with Gasteiger partial charge in [0.15, 0.2) is 9.84 Å². The van der Waals surface area contributed by atoms with Gasteiger partial charge in [-0.1, -0.05) is 49.7 Å². The van der Waals surface area contributed by atoms with Gasteiger partial charge in [0.25, 0.3) is 0 Å². The number of sulfone groups is 1. The first kappa shape index (κ1) is 24.4. The number of nitrogens with zero attached hydrogens (tertiary/aromatic N) is 2. The quantitative estimate of drug-likeness (QED) is 0.457. The molecule has 0 aliphatic carbocycles. The molecule has 0 N–H and O–H groups in total. The van der Waals surface area contributed by atoms with E-state index in [-0.39, 0.29) is 27.3 Å². The van der Waals surface area contributed by atoms with Gasteiger partial charge >= 0.3 is 0 Å². The standard InChI is InChI=1S/C23H25ClN2O4S2/c1-17(2)15-26(32(29,30)23-10-5-4-9-21(23)24)16-18-11-12-25-22(13-18)19-7-6-8-20(14-19)31(3,27)28/h4-14,17H,15-16H2,1-3H3. The second-order valence-corrected chi connectivity index (χ2v) is 12.3. The van der Waals surface area contributed by atoms with Gasteiger partial charge in [-0.3, -0.25) is 4.98 Å². The molecule has 6 nitrogen and oxygen atoms in total. The third-order valence-corrected chi connectivity index (χ3v) is 8.19. The van der Waals surface area contributed by atoms with E-state index in [0.717, 1.165) is 11.8 Å². The van der Waals surface area contributed by atoms with E-state index in [1.54, 1.807) is 54.7 Å².